The van der Waals surface area contributed by atoms with E-state index in [9.17, 15) is 13.2 Å². The first-order valence-corrected chi connectivity index (χ1v) is 6.04. The van der Waals surface area contributed by atoms with Crippen LogP contribution >= 0.6 is 0 Å². The van der Waals surface area contributed by atoms with Gasteiger partial charge in [0, 0.05) is 25.7 Å². The smallest absolute Gasteiger partial charge is 0.364 e. The van der Waals surface area contributed by atoms with Gasteiger partial charge in [0.15, 0.2) is 5.69 Å². The lowest BCUT2D eigenvalue weighted by Crippen LogP contribution is -2.17. The molecule has 21 heavy (non-hydrogen) atoms. The summed E-state index contributed by atoms with van der Waals surface area (Å²) in [5.41, 5.74) is 0.380. The highest BCUT2D eigenvalue weighted by Gasteiger charge is 2.34. The summed E-state index contributed by atoms with van der Waals surface area (Å²) in [5, 5.41) is 6.46. The molecule has 0 bridgehead atoms. The molecule has 0 atom stereocenters. The molecule has 2 heterocycles. The summed E-state index contributed by atoms with van der Waals surface area (Å²) in [4.78, 5) is 8.98. The summed E-state index contributed by atoms with van der Waals surface area (Å²) in [7, 11) is 3.21. The molecular formula is C12H14F3N5O. The van der Waals surface area contributed by atoms with Crippen molar-refractivity contribution in [2.75, 3.05) is 24.3 Å². The topological polar surface area (TPSA) is 67.1 Å². The summed E-state index contributed by atoms with van der Waals surface area (Å²) in [6, 6.07) is 0.895. The third kappa shape index (κ3) is 3.61. The molecule has 0 radical (unpaired) electrons. The maximum absolute atomic E-state index is 12.8. The molecule has 0 unspecified atom stereocenters. The molecule has 0 saturated carbocycles. The molecule has 1 N–H and O–H groups in total. The van der Waals surface area contributed by atoms with E-state index in [0.29, 0.717) is 5.69 Å². The second kappa shape index (κ2) is 5.58. The van der Waals surface area contributed by atoms with Crippen LogP contribution in [0.1, 0.15) is 17.0 Å². The van der Waals surface area contributed by atoms with Crippen molar-refractivity contribution in [2.45, 2.75) is 19.6 Å². The van der Waals surface area contributed by atoms with Gasteiger partial charge in [-0.1, -0.05) is 5.16 Å². The molecule has 0 spiro atoms. The van der Waals surface area contributed by atoms with E-state index in [2.05, 4.69) is 20.4 Å². The summed E-state index contributed by atoms with van der Waals surface area (Å²) >= 11 is 0. The quantitative estimate of drug-likeness (QED) is 0.935. The van der Waals surface area contributed by atoms with Crippen LogP contribution in [0.15, 0.2) is 16.9 Å². The monoisotopic (exact) mass is 301 g/mol. The standard InChI is InChI=1S/C12H14F3N5O/c1-7-6-21-19-8(7)5-16-11-17-9(12(13,14)15)4-10(18-11)20(2)3/h4,6H,5H2,1-3H3,(H,16,17,18). The molecular weight excluding hydrogens is 287 g/mol. The van der Waals surface area contributed by atoms with Crippen LogP contribution in [0.4, 0.5) is 24.9 Å². The molecule has 0 aliphatic heterocycles. The molecule has 2 aromatic heterocycles. The number of halogens is 3. The number of alkyl halides is 3. The van der Waals surface area contributed by atoms with Gasteiger partial charge >= 0.3 is 6.18 Å². The van der Waals surface area contributed by atoms with Crippen LogP contribution in [0.3, 0.4) is 0 Å². The zero-order valence-electron chi connectivity index (χ0n) is 11.7. The number of nitrogens with zero attached hydrogens (tertiary/aromatic N) is 4. The molecule has 6 nitrogen and oxygen atoms in total. The zero-order valence-corrected chi connectivity index (χ0v) is 11.7. The van der Waals surface area contributed by atoms with Crippen molar-refractivity contribution in [2.24, 2.45) is 0 Å². The molecule has 0 amide bonds. The van der Waals surface area contributed by atoms with Gasteiger partial charge in [-0.05, 0) is 6.92 Å². The van der Waals surface area contributed by atoms with Crippen molar-refractivity contribution in [3.63, 3.8) is 0 Å². The Morgan fingerprint density at radius 2 is 2.00 bits per heavy atom. The van der Waals surface area contributed by atoms with Gasteiger partial charge in [-0.15, -0.1) is 0 Å². The fraction of sp³-hybridized carbons (Fsp3) is 0.417. The van der Waals surface area contributed by atoms with Crippen LogP contribution in [0.2, 0.25) is 0 Å². The Morgan fingerprint density at radius 3 is 2.52 bits per heavy atom. The number of hydrogen-bond acceptors (Lipinski definition) is 6. The van der Waals surface area contributed by atoms with Crippen LogP contribution < -0.4 is 10.2 Å². The molecule has 114 valence electrons. The van der Waals surface area contributed by atoms with Crippen LogP contribution in [0.5, 0.6) is 0 Å². The normalized spacial score (nSPS) is 11.5. The van der Waals surface area contributed by atoms with E-state index in [1.807, 2.05) is 0 Å². The molecule has 0 aliphatic rings. The minimum atomic E-state index is -4.53. The number of nitrogens with one attached hydrogen (secondary N) is 1. The molecule has 2 aromatic rings. The van der Waals surface area contributed by atoms with Crippen LogP contribution in [-0.2, 0) is 12.7 Å². The van der Waals surface area contributed by atoms with E-state index in [0.717, 1.165) is 11.6 Å². The lowest BCUT2D eigenvalue weighted by Gasteiger charge is -2.15. The highest BCUT2D eigenvalue weighted by molar-refractivity contribution is 5.44. The van der Waals surface area contributed by atoms with Gasteiger partial charge in [-0.3, -0.25) is 0 Å². The van der Waals surface area contributed by atoms with Crippen molar-refractivity contribution in [3.05, 3.63) is 29.3 Å². The van der Waals surface area contributed by atoms with E-state index < -0.39 is 11.9 Å². The van der Waals surface area contributed by atoms with Crippen LogP contribution in [0.25, 0.3) is 0 Å². The third-order valence-electron chi connectivity index (χ3n) is 2.72. The first-order chi connectivity index (χ1) is 9.77. The lowest BCUT2D eigenvalue weighted by molar-refractivity contribution is -0.141. The van der Waals surface area contributed by atoms with Gasteiger partial charge in [-0.25, -0.2) is 4.98 Å². The van der Waals surface area contributed by atoms with Gasteiger partial charge in [0.1, 0.15) is 17.8 Å². The van der Waals surface area contributed by atoms with Gasteiger partial charge in [0.05, 0.1) is 6.54 Å². The summed E-state index contributed by atoms with van der Waals surface area (Å²) < 4.78 is 43.2. The molecule has 9 heteroatoms. The van der Waals surface area contributed by atoms with Gasteiger partial charge in [0.2, 0.25) is 5.95 Å². The van der Waals surface area contributed by atoms with Gasteiger partial charge in [0.25, 0.3) is 0 Å². The van der Waals surface area contributed by atoms with Crippen molar-refractivity contribution in [3.8, 4) is 0 Å². The van der Waals surface area contributed by atoms with Crippen molar-refractivity contribution < 1.29 is 17.7 Å². The van der Waals surface area contributed by atoms with Gasteiger partial charge < -0.3 is 14.7 Å². The highest BCUT2D eigenvalue weighted by Crippen LogP contribution is 2.30. The Kier molecular flexibility index (Phi) is 4.01. The Balaban J connectivity index is 2.26. The minimum Gasteiger partial charge on any atom is -0.364 e. The Morgan fingerprint density at radius 1 is 1.29 bits per heavy atom. The largest absolute Gasteiger partial charge is 0.433 e. The second-order valence-corrected chi connectivity index (χ2v) is 4.62. The Hall–Kier alpha value is -2.32. The first-order valence-electron chi connectivity index (χ1n) is 6.04. The van der Waals surface area contributed by atoms with E-state index in [-0.39, 0.29) is 18.3 Å². The Labute approximate surface area is 119 Å². The maximum atomic E-state index is 12.8. The van der Waals surface area contributed by atoms with Gasteiger partial charge in [-0.2, -0.15) is 18.2 Å². The van der Waals surface area contributed by atoms with E-state index >= 15 is 0 Å². The predicted octanol–water partition coefficient (Wildman–Crippen LogP) is 2.47. The SMILES string of the molecule is Cc1conc1CNc1nc(N(C)C)cc(C(F)(F)F)n1. The predicted molar refractivity (Wildman–Crippen MR) is 69.9 cm³/mol. The number of aryl methyl sites for hydroxylation is 1. The van der Waals surface area contributed by atoms with E-state index in [1.165, 1.54) is 11.2 Å². The highest BCUT2D eigenvalue weighted by atomic mass is 19.4. The number of rotatable bonds is 4. The number of aromatic nitrogens is 3. The summed E-state index contributed by atoms with van der Waals surface area (Å²) in [6.45, 7) is 1.96. The van der Waals surface area contributed by atoms with Crippen LogP contribution in [-0.4, -0.2) is 29.2 Å². The van der Waals surface area contributed by atoms with Crippen molar-refractivity contribution >= 4 is 11.8 Å². The average Bonchev–Trinajstić information content (AvgIpc) is 2.80. The van der Waals surface area contributed by atoms with E-state index in [1.54, 1.807) is 21.0 Å². The van der Waals surface area contributed by atoms with Crippen molar-refractivity contribution in [1.82, 2.24) is 15.1 Å². The summed E-state index contributed by atoms with van der Waals surface area (Å²) in [5.74, 6) is 0.0487. The summed E-state index contributed by atoms with van der Waals surface area (Å²) in [6.07, 6.45) is -3.08. The molecule has 2 rings (SSSR count). The third-order valence-corrected chi connectivity index (χ3v) is 2.72. The second-order valence-electron chi connectivity index (χ2n) is 4.62. The number of hydrogen-bond donors (Lipinski definition) is 1. The van der Waals surface area contributed by atoms with Crippen LogP contribution in [0, 0.1) is 6.92 Å². The average molecular weight is 301 g/mol. The zero-order chi connectivity index (χ0) is 15.6. The fourth-order valence-corrected chi connectivity index (χ4v) is 1.53. The minimum absolute atomic E-state index is 0.115. The lowest BCUT2D eigenvalue weighted by atomic mass is 10.3. The molecule has 0 aromatic carbocycles. The maximum Gasteiger partial charge on any atom is 0.433 e. The molecule has 0 aliphatic carbocycles. The molecule has 0 saturated heterocycles. The van der Waals surface area contributed by atoms with Crippen molar-refractivity contribution in [1.29, 1.82) is 0 Å². The number of anilines is 2. The Bertz CT molecular complexity index is 624. The van der Waals surface area contributed by atoms with E-state index in [4.69, 9.17) is 4.52 Å². The fourth-order valence-electron chi connectivity index (χ4n) is 1.53. The first kappa shape index (κ1) is 15.1. The molecule has 0 fully saturated rings.